The number of carbonyl (C=O) groups is 1. The molecule has 2 bridgehead atoms. The zero-order valence-corrected chi connectivity index (χ0v) is 11.9. The molecule has 2 heterocycles. The van der Waals surface area contributed by atoms with Gasteiger partial charge < -0.3 is 0 Å². The van der Waals surface area contributed by atoms with Crippen LogP contribution in [0.25, 0.3) is 0 Å². The van der Waals surface area contributed by atoms with Crippen LogP contribution in [0.3, 0.4) is 0 Å². The number of fused-ring (bicyclic) bond motifs is 5. The smallest absolute Gasteiger partial charge is 0.297 e. The van der Waals surface area contributed by atoms with Gasteiger partial charge in [-0.25, -0.2) is 0 Å². The summed E-state index contributed by atoms with van der Waals surface area (Å²) in [7, 11) is 0. The van der Waals surface area contributed by atoms with Gasteiger partial charge in [-0.05, 0) is 24.6 Å². The number of halogens is 3. The highest BCUT2D eigenvalue weighted by Crippen LogP contribution is 2.43. The SMILES string of the molecule is N#Cc1ccc(N2CN3C4C=CC(C4)[C@@H]3C2=O)cc1C(F)(F)F. The van der Waals surface area contributed by atoms with Gasteiger partial charge in [-0.1, -0.05) is 12.2 Å². The highest BCUT2D eigenvalue weighted by Gasteiger charge is 2.53. The maximum atomic E-state index is 13.1. The van der Waals surface area contributed by atoms with E-state index in [1.807, 2.05) is 11.0 Å². The summed E-state index contributed by atoms with van der Waals surface area (Å²) in [5, 5.41) is 8.85. The van der Waals surface area contributed by atoms with Crippen LogP contribution in [-0.4, -0.2) is 29.6 Å². The van der Waals surface area contributed by atoms with E-state index < -0.39 is 17.3 Å². The molecule has 0 spiro atoms. The maximum Gasteiger partial charge on any atom is 0.417 e. The summed E-state index contributed by atoms with van der Waals surface area (Å²) in [5.41, 5.74) is -1.25. The molecule has 3 aliphatic rings. The van der Waals surface area contributed by atoms with Crippen molar-refractivity contribution in [2.75, 3.05) is 11.6 Å². The average Bonchev–Trinajstić information content (AvgIpc) is 3.19. The highest BCUT2D eigenvalue weighted by molar-refractivity contribution is 6.00. The van der Waals surface area contributed by atoms with E-state index in [4.69, 9.17) is 5.26 Å². The Labute approximate surface area is 130 Å². The third-order valence-electron chi connectivity index (χ3n) is 4.85. The molecule has 2 fully saturated rings. The van der Waals surface area contributed by atoms with Gasteiger partial charge in [0.2, 0.25) is 5.91 Å². The standard InChI is InChI=1S/C16H12F3N3O/c17-16(18,19)13-6-12(4-2-10(13)7-20)22-8-21-11-3-1-9(5-11)14(21)15(22)23/h1-4,6,9,11,14H,5,8H2/t9?,11?,14-/m1/s1. The second-order valence-corrected chi connectivity index (χ2v) is 6.06. The van der Waals surface area contributed by atoms with Gasteiger partial charge in [-0.2, -0.15) is 18.4 Å². The largest absolute Gasteiger partial charge is 0.417 e. The molecule has 3 atom stereocenters. The van der Waals surface area contributed by atoms with E-state index in [1.54, 1.807) is 6.07 Å². The molecule has 7 heteroatoms. The molecular formula is C16H12F3N3O. The van der Waals surface area contributed by atoms with E-state index in [0.29, 0.717) is 0 Å². The second kappa shape index (κ2) is 4.59. The van der Waals surface area contributed by atoms with Crippen LogP contribution in [0, 0.1) is 17.2 Å². The van der Waals surface area contributed by atoms with Gasteiger partial charge in [0.15, 0.2) is 0 Å². The summed E-state index contributed by atoms with van der Waals surface area (Å²) in [6.45, 7) is 0.290. The lowest BCUT2D eigenvalue weighted by Crippen LogP contribution is -2.36. The molecule has 1 aromatic rings. The molecule has 4 nitrogen and oxygen atoms in total. The van der Waals surface area contributed by atoms with E-state index >= 15 is 0 Å². The van der Waals surface area contributed by atoms with Gasteiger partial charge in [0.25, 0.3) is 0 Å². The molecule has 1 aromatic carbocycles. The minimum absolute atomic E-state index is 0.151. The van der Waals surface area contributed by atoms with Crippen LogP contribution in [-0.2, 0) is 11.0 Å². The molecule has 118 valence electrons. The molecule has 0 N–H and O–H groups in total. The number of benzene rings is 1. The van der Waals surface area contributed by atoms with Gasteiger partial charge in [-0.3, -0.25) is 14.6 Å². The fourth-order valence-corrected chi connectivity index (χ4v) is 3.79. The minimum Gasteiger partial charge on any atom is -0.297 e. The van der Waals surface area contributed by atoms with Crippen molar-refractivity contribution in [3.05, 3.63) is 41.5 Å². The fraction of sp³-hybridized carbons (Fsp3) is 0.375. The van der Waals surface area contributed by atoms with Crippen LogP contribution in [0.4, 0.5) is 18.9 Å². The normalized spacial score (nSPS) is 29.2. The Morgan fingerprint density at radius 1 is 1.26 bits per heavy atom. The van der Waals surface area contributed by atoms with Crippen LogP contribution in [0.5, 0.6) is 0 Å². The van der Waals surface area contributed by atoms with Crippen molar-refractivity contribution in [3.8, 4) is 6.07 Å². The number of alkyl halides is 3. The van der Waals surface area contributed by atoms with Gasteiger partial charge in [0, 0.05) is 17.6 Å². The molecular weight excluding hydrogens is 307 g/mol. The van der Waals surface area contributed by atoms with E-state index in [0.717, 1.165) is 18.6 Å². The third-order valence-corrected chi connectivity index (χ3v) is 4.85. The molecule has 4 rings (SSSR count). The number of nitriles is 1. The number of carbonyl (C=O) groups excluding carboxylic acids is 1. The summed E-state index contributed by atoms with van der Waals surface area (Å²) in [6.07, 6.45) is 0.358. The van der Waals surface area contributed by atoms with Gasteiger partial charge >= 0.3 is 6.18 Å². The van der Waals surface area contributed by atoms with E-state index in [-0.39, 0.29) is 36.3 Å². The van der Waals surface area contributed by atoms with Crippen molar-refractivity contribution in [2.24, 2.45) is 5.92 Å². The number of anilines is 1. The minimum atomic E-state index is -4.62. The Morgan fingerprint density at radius 3 is 2.70 bits per heavy atom. The zero-order valence-electron chi connectivity index (χ0n) is 11.9. The summed E-state index contributed by atoms with van der Waals surface area (Å²) >= 11 is 0. The van der Waals surface area contributed by atoms with Crippen LogP contribution in [0.2, 0.25) is 0 Å². The lowest BCUT2D eigenvalue weighted by Gasteiger charge is -2.22. The first kappa shape index (κ1) is 14.3. The first-order chi connectivity index (χ1) is 10.9. The molecule has 0 aromatic heterocycles. The van der Waals surface area contributed by atoms with E-state index in [1.165, 1.54) is 11.0 Å². The van der Waals surface area contributed by atoms with Crippen molar-refractivity contribution in [1.29, 1.82) is 5.26 Å². The van der Waals surface area contributed by atoms with Crippen molar-refractivity contribution in [1.82, 2.24) is 4.90 Å². The van der Waals surface area contributed by atoms with E-state index in [9.17, 15) is 18.0 Å². The molecule has 2 saturated heterocycles. The monoisotopic (exact) mass is 319 g/mol. The third kappa shape index (κ3) is 1.98. The maximum absolute atomic E-state index is 13.1. The first-order valence-corrected chi connectivity index (χ1v) is 7.27. The predicted molar refractivity (Wildman–Crippen MR) is 75.2 cm³/mol. The molecule has 2 aliphatic heterocycles. The Hall–Kier alpha value is -2.33. The lowest BCUT2D eigenvalue weighted by atomic mass is 10.0. The van der Waals surface area contributed by atoms with Gasteiger partial charge in [0.05, 0.1) is 29.9 Å². The van der Waals surface area contributed by atoms with Crippen LogP contribution in [0.15, 0.2) is 30.4 Å². The fourth-order valence-electron chi connectivity index (χ4n) is 3.79. The Kier molecular flexibility index (Phi) is 2.85. The molecule has 2 unspecified atom stereocenters. The summed E-state index contributed by atoms with van der Waals surface area (Å²) < 4.78 is 39.3. The quantitative estimate of drug-likeness (QED) is 0.747. The van der Waals surface area contributed by atoms with Gasteiger partial charge in [-0.15, -0.1) is 0 Å². The number of amides is 1. The second-order valence-electron chi connectivity index (χ2n) is 6.06. The Morgan fingerprint density at radius 2 is 2.04 bits per heavy atom. The summed E-state index contributed by atoms with van der Waals surface area (Å²) in [6, 6.07) is 4.91. The number of nitrogens with zero attached hydrogens (tertiary/aromatic N) is 3. The zero-order chi connectivity index (χ0) is 16.4. The average molecular weight is 319 g/mol. The molecule has 1 aliphatic carbocycles. The predicted octanol–water partition coefficient (Wildman–Crippen LogP) is 2.51. The topological polar surface area (TPSA) is 47.3 Å². The Bertz CT molecular complexity index is 765. The molecule has 0 saturated carbocycles. The van der Waals surface area contributed by atoms with Crippen molar-refractivity contribution in [3.63, 3.8) is 0 Å². The van der Waals surface area contributed by atoms with Crippen LogP contribution >= 0.6 is 0 Å². The molecule has 0 radical (unpaired) electrons. The molecule has 1 amide bonds. The Balaban J connectivity index is 1.70. The van der Waals surface area contributed by atoms with Crippen LogP contribution in [0.1, 0.15) is 17.5 Å². The van der Waals surface area contributed by atoms with Crippen molar-refractivity contribution in [2.45, 2.75) is 24.7 Å². The highest BCUT2D eigenvalue weighted by atomic mass is 19.4. The summed E-state index contributed by atoms with van der Waals surface area (Å²) in [4.78, 5) is 16.0. The van der Waals surface area contributed by atoms with Gasteiger partial charge in [0.1, 0.15) is 0 Å². The first-order valence-electron chi connectivity index (χ1n) is 7.27. The number of hydrogen-bond donors (Lipinski definition) is 0. The molecule has 23 heavy (non-hydrogen) atoms. The van der Waals surface area contributed by atoms with E-state index in [2.05, 4.69) is 6.08 Å². The van der Waals surface area contributed by atoms with Crippen molar-refractivity contribution < 1.29 is 18.0 Å². The number of hydrogen-bond acceptors (Lipinski definition) is 3. The summed E-state index contributed by atoms with van der Waals surface area (Å²) in [5.74, 6) is -0.0161. The van der Waals surface area contributed by atoms with Crippen molar-refractivity contribution >= 4 is 11.6 Å². The van der Waals surface area contributed by atoms with Crippen LogP contribution < -0.4 is 4.90 Å². The number of rotatable bonds is 1. The lowest BCUT2D eigenvalue weighted by molar-refractivity contribution is -0.137.